The van der Waals surface area contributed by atoms with Crippen LogP contribution in [0, 0.1) is 17.1 Å². The third kappa shape index (κ3) is 4.35. The quantitative estimate of drug-likeness (QED) is 0.705. The Balaban J connectivity index is 2.04. The van der Waals surface area contributed by atoms with Crippen molar-refractivity contribution in [3.63, 3.8) is 0 Å². The molecule has 0 radical (unpaired) electrons. The molecule has 0 unspecified atom stereocenters. The number of carboxylic acid groups (broad SMARTS) is 1. The van der Waals surface area contributed by atoms with Crippen molar-refractivity contribution in [1.82, 2.24) is 15.2 Å². The Bertz CT molecular complexity index is 1060. The molecule has 0 fully saturated rings. The number of amides is 1. The second-order valence-electron chi connectivity index (χ2n) is 7.07. The highest BCUT2D eigenvalue weighted by atomic mass is 19.1. The highest BCUT2D eigenvalue weighted by molar-refractivity contribution is 5.85. The van der Waals surface area contributed by atoms with E-state index in [9.17, 15) is 14.3 Å². The fourth-order valence-electron chi connectivity index (χ4n) is 3.10. The van der Waals surface area contributed by atoms with Crippen molar-refractivity contribution in [3.8, 4) is 17.3 Å². The van der Waals surface area contributed by atoms with Crippen molar-refractivity contribution in [2.75, 3.05) is 11.4 Å². The Morgan fingerprint density at radius 2 is 2.07 bits per heavy atom. The van der Waals surface area contributed by atoms with Crippen LogP contribution in [0.25, 0.3) is 11.3 Å². The number of benzene rings is 1. The highest BCUT2D eigenvalue weighted by Crippen LogP contribution is 2.34. The maximum Gasteiger partial charge on any atom is 0.413 e. The molecule has 3 aromatic rings. The smallest absolute Gasteiger partial charge is 0.413 e. The van der Waals surface area contributed by atoms with Crippen LogP contribution in [0.1, 0.15) is 25.0 Å². The predicted octanol–water partition coefficient (Wildman–Crippen LogP) is 4.01. The Morgan fingerprint density at radius 3 is 2.66 bits per heavy atom. The number of pyridine rings is 1. The first kappa shape index (κ1) is 19.9. The summed E-state index contributed by atoms with van der Waals surface area (Å²) in [5.74, 6) is -0.233. The van der Waals surface area contributed by atoms with Crippen molar-refractivity contribution in [2.45, 2.75) is 19.3 Å². The molecule has 146 valence electrons. The van der Waals surface area contributed by atoms with Gasteiger partial charge in [0.25, 0.3) is 0 Å². The zero-order valence-corrected chi connectivity index (χ0v) is 15.9. The van der Waals surface area contributed by atoms with Crippen LogP contribution in [0.4, 0.5) is 15.0 Å². The molecular weight excluding hydrogens is 373 g/mol. The van der Waals surface area contributed by atoms with E-state index in [1.165, 1.54) is 24.5 Å². The highest BCUT2D eigenvalue weighted by Gasteiger charge is 2.31. The summed E-state index contributed by atoms with van der Waals surface area (Å²) in [6, 6.07) is 12.7. The topological polar surface area (TPSA) is 103 Å². The van der Waals surface area contributed by atoms with E-state index in [4.69, 9.17) is 5.26 Å². The summed E-state index contributed by atoms with van der Waals surface area (Å²) >= 11 is 0. The zero-order valence-electron chi connectivity index (χ0n) is 15.9. The number of hydrogen-bond donors (Lipinski definition) is 1. The summed E-state index contributed by atoms with van der Waals surface area (Å²) in [6.45, 7) is 3.79. The molecule has 2 heterocycles. The third-order valence-corrected chi connectivity index (χ3v) is 4.50. The molecule has 29 heavy (non-hydrogen) atoms. The number of nitriles is 1. The summed E-state index contributed by atoms with van der Waals surface area (Å²) in [6.07, 6.45) is 1.71. The minimum absolute atomic E-state index is 0.0654. The molecule has 0 atom stereocenters. The predicted molar refractivity (Wildman–Crippen MR) is 105 cm³/mol. The first-order valence-electron chi connectivity index (χ1n) is 8.76. The Kier molecular flexibility index (Phi) is 5.50. The van der Waals surface area contributed by atoms with Crippen molar-refractivity contribution < 1.29 is 14.3 Å². The number of nitrogens with zero attached hydrogens (tertiary/aromatic N) is 5. The summed E-state index contributed by atoms with van der Waals surface area (Å²) < 4.78 is 14.0. The van der Waals surface area contributed by atoms with Crippen LogP contribution in [-0.4, -0.2) is 32.9 Å². The van der Waals surface area contributed by atoms with Crippen LogP contribution in [0.15, 0.2) is 54.9 Å². The Hall–Kier alpha value is -3.86. The van der Waals surface area contributed by atoms with Gasteiger partial charge in [-0.3, -0.25) is 9.88 Å². The van der Waals surface area contributed by atoms with E-state index in [1.54, 1.807) is 30.3 Å². The molecule has 7 nitrogen and oxygen atoms in total. The van der Waals surface area contributed by atoms with E-state index in [0.29, 0.717) is 22.4 Å². The molecule has 0 saturated carbocycles. The lowest BCUT2D eigenvalue weighted by Gasteiger charge is -2.32. The van der Waals surface area contributed by atoms with Crippen LogP contribution >= 0.6 is 0 Å². The SMILES string of the molecule is CC(C)(CN(C(=O)O)c1cccnn1)c1ccc(F)cc1-c1ccc(C#N)cn1. The normalized spacial score (nSPS) is 11.0. The van der Waals surface area contributed by atoms with Crippen LogP contribution in [0.5, 0.6) is 0 Å². The molecule has 1 amide bonds. The molecule has 0 aliphatic rings. The summed E-state index contributed by atoms with van der Waals surface area (Å²) in [5, 5.41) is 26.3. The monoisotopic (exact) mass is 391 g/mol. The largest absolute Gasteiger partial charge is 0.465 e. The van der Waals surface area contributed by atoms with Gasteiger partial charge in [0.1, 0.15) is 11.9 Å². The lowest BCUT2D eigenvalue weighted by Crippen LogP contribution is -2.41. The van der Waals surface area contributed by atoms with Crippen molar-refractivity contribution >= 4 is 11.9 Å². The summed E-state index contributed by atoms with van der Waals surface area (Å²) in [5.41, 5.74) is 1.42. The average molecular weight is 391 g/mol. The van der Waals surface area contributed by atoms with Gasteiger partial charge in [-0.2, -0.15) is 10.4 Å². The fraction of sp³-hybridized carbons (Fsp3) is 0.190. The van der Waals surface area contributed by atoms with Crippen LogP contribution in [0.3, 0.4) is 0 Å². The average Bonchev–Trinajstić information content (AvgIpc) is 2.72. The number of aromatic nitrogens is 3. The number of halogens is 1. The van der Waals surface area contributed by atoms with E-state index in [2.05, 4.69) is 15.2 Å². The first-order chi connectivity index (χ1) is 13.8. The van der Waals surface area contributed by atoms with Gasteiger partial charge in [0.2, 0.25) is 0 Å². The number of rotatable bonds is 5. The number of anilines is 1. The minimum atomic E-state index is -1.17. The lowest BCUT2D eigenvalue weighted by molar-refractivity contribution is 0.199. The van der Waals surface area contributed by atoms with E-state index in [1.807, 2.05) is 19.9 Å². The van der Waals surface area contributed by atoms with E-state index in [0.717, 1.165) is 4.90 Å². The van der Waals surface area contributed by atoms with E-state index in [-0.39, 0.29) is 12.4 Å². The van der Waals surface area contributed by atoms with Crippen molar-refractivity contribution in [2.24, 2.45) is 0 Å². The molecule has 2 aromatic heterocycles. The van der Waals surface area contributed by atoms with Crippen LogP contribution in [-0.2, 0) is 5.41 Å². The standard InChI is InChI=1S/C21H18FN5O2/c1-21(2,13-27(20(28)29)19-4-3-9-25-26-19)17-7-6-15(22)10-16(17)18-8-5-14(11-23)12-24-18/h3-10,12H,13H2,1-2H3,(H,28,29). The molecule has 8 heteroatoms. The van der Waals surface area contributed by atoms with Gasteiger partial charge in [0, 0.05) is 29.9 Å². The third-order valence-electron chi connectivity index (χ3n) is 4.50. The fourth-order valence-corrected chi connectivity index (χ4v) is 3.10. The molecule has 0 bridgehead atoms. The minimum Gasteiger partial charge on any atom is -0.465 e. The second-order valence-corrected chi connectivity index (χ2v) is 7.07. The summed E-state index contributed by atoms with van der Waals surface area (Å²) in [7, 11) is 0. The lowest BCUT2D eigenvalue weighted by atomic mass is 9.80. The molecule has 0 spiro atoms. The number of carbonyl (C=O) groups is 1. The van der Waals surface area contributed by atoms with Crippen molar-refractivity contribution in [1.29, 1.82) is 5.26 Å². The molecule has 1 aromatic carbocycles. The Morgan fingerprint density at radius 1 is 1.28 bits per heavy atom. The first-order valence-corrected chi connectivity index (χ1v) is 8.76. The van der Waals surface area contributed by atoms with Gasteiger partial charge in [-0.15, -0.1) is 5.10 Å². The number of hydrogen-bond acceptors (Lipinski definition) is 5. The van der Waals surface area contributed by atoms with Crippen LogP contribution in [0.2, 0.25) is 0 Å². The maximum absolute atomic E-state index is 14.0. The summed E-state index contributed by atoms with van der Waals surface area (Å²) in [4.78, 5) is 17.2. The van der Waals surface area contributed by atoms with Gasteiger partial charge in [-0.25, -0.2) is 9.18 Å². The van der Waals surface area contributed by atoms with E-state index >= 15 is 0 Å². The van der Waals surface area contributed by atoms with Gasteiger partial charge in [-0.1, -0.05) is 19.9 Å². The van der Waals surface area contributed by atoms with Gasteiger partial charge >= 0.3 is 6.09 Å². The molecule has 1 N–H and O–H groups in total. The van der Waals surface area contributed by atoms with E-state index < -0.39 is 17.3 Å². The molecule has 3 rings (SSSR count). The van der Waals surface area contributed by atoms with Crippen molar-refractivity contribution in [3.05, 3.63) is 71.8 Å². The second kappa shape index (κ2) is 8.02. The van der Waals surface area contributed by atoms with Gasteiger partial charge in [0.15, 0.2) is 5.82 Å². The van der Waals surface area contributed by atoms with Gasteiger partial charge < -0.3 is 5.11 Å². The zero-order chi connectivity index (χ0) is 21.0. The molecule has 0 aliphatic carbocycles. The Labute approximate surface area is 167 Å². The maximum atomic E-state index is 14.0. The molecule has 0 saturated heterocycles. The molecule has 0 aliphatic heterocycles. The van der Waals surface area contributed by atoms with Crippen LogP contribution < -0.4 is 4.90 Å². The van der Waals surface area contributed by atoms with Gasteiger partial charge in [0.05, 0.1) is 11.3 Å². The molecular formula is C21H18FN5O2. The van der Waals surface area contributed by atoms with Gasteiger partial charge in [-0.05, 0) is 42.0 Å².